The molecule has 0 aliphatic heterocycles. The largest absolute Gasteiger partial charge is 0.478 e. The number of nitrogens with one attached hydrogen (secondary N) is 1. The average molecular weight is 356 g/mol. The smallest absolute Gasteiger partial charge is 0.337 e. The Balaban J connectivity index is 2.23. The van der Waals surface area contributed by atoms with E-state index in [1.807, 2.05) is 31.2 Å². The van der Waals surface area contributed by atoms with Crippen molar-refractivity contribution in [1.82, 2.24) is 4.98 Å². The van der Waals surface area contributed by atoms with E-state index in [0.29, 0.717) is 5.82 Å². The quantitative estimate of drug-likeness (QED) is 0.855. The van der Waals surface area contributed by atoms with Crippen LogP contribution in [0.4, 0.5) is 5.82 Å². The van der Waals surface area contributed by atoms with Crippen molar-refractivity contribution in [3.05, 3.63) is 57.2 Å². The zero-order valence-corrected chi connectivity index (χ0v) is 12.9. The predicted molar refractivity (Wildman–Crippen MR) is 82.4 cm³/mol. The molecule has 0 aliphatic rings. The number of aromatic carboxylic acids is 1. The Labute approximate surface area is 129 Å². The van der Waals surface area contributed by atoms with Crippen LogP contribution in [0.3, 0.4) is 0 Å². The van der Waals surface area contributed by atoms with E-state index in [1.54, 1.807) is 0 Å². The molecule has 2 N–H and O–H groups in total. The van der Waals surface area contributed by atoms with Gasteiger partial charge in [0.25, 0.3) is 0 Å². The highest BCUT2D eigenvalue weighted by Crippen LogP contribution is 2.27. The zero-order chi connectivity index (χ0) is 14.7. The molecular weight excluding hydrogens is 344 g/mol. The summed E-state index contributed by atoms with van der Waals surface area (Å²) in [6, 6.07) is 9.15. The van der Waals surface area contributed by atoms with Crippen LogP contribution >= 0.6 is 27.5 Å². The Morgan fingerprint density at radius 1 is 1.35 bits per heavy atom. The van der Waals surface area contributed by atoms with E-state index in [2.05, 4.69) is 26.2 Å². The number of hydrogen-bond acceptors (Lipinski definition) is 3. The van der Waals surface area contributed by atoms with Gasteiger partial charge in [-0.3, -0.25) is 0 Å². The number of carbonyl (C=O) groups is 1. The van der Waals surface area contributed by atoms with Gasteiger partial charge in [-0.15, -0.1) is 0 Å². The number of benzene rings is 1. The fraction of sp³-hybridized carbons (Fsp3) is 0.143. The van der Waals surface area contributed by atoms with Crippen LogP contribution in [0.25, 0.3) is 0 Å². The summed E-state index contributed by atoms with van der Waals surface area (Å²) in [4.78, 5) is 15.1. The molecule has 1 atom stereocenters. The van der Waals surface area contributed by atoms with Crippen molar-refractivity contribution < 1.29 is 9.90 Å². The molecule has 0 spiro atoms. The Kier molecular flexibility index (Phi) is 4.62. The highest BCUT2D eigenvalue weighted by atomic mass is 79.9. The van der Waals surface area contributed by atoms with Crippen molar-refractivity contribution in [2.24, 2.45) is 0 Å². The van der Waals surface area contributed by atoms with Crippen LogP contribution < -0.4 is 5.32 Å². The number of aromatic nitrogens is 1. The fourth-order valence-electron chi connectivity index (χ4n) is 1.75. The first kappa shape index (κ1) is 14.8. The van der Waals surface area contributed by atoms with Crippen LogP contribution in [-0.4, -0.2) is 16.1 Å². The van der Waals surface area contributed by atoms with E-state index in [-0.39, 0.29) is 16.6 Å². The van der Waals surface area contributed by atoms with Crippen molar-refractivity contribution >= 4 is 39.3 Å². The van der Waals surface area contributed by atoms with Gasteiger partial charge in [0, 0.05) is 16.7 Å². The minimum atomic E-state index is -1.07. The monoisotopic (exact) mass is 354 g/mol. The third-order valence-corrected chi connectivity index (χ3v) is 3.75. The molecule has 104 valence electrons. The molecule has 4 nitrogen and oxygen atoms in total. The Morgan fingerprint density at radius 2 is 2.00 bits per heavy atom. The van der Waals surface area contributed by atoms with Gasteiger partial charge in [0.2, 0.25) is 0 Å². The highest BCUT2D eigenvalue weighted by molar-refractivity contribution is 9.10. The van der Waals surface area contributed by atoms with Crippen LogP contribution in [0.5, 0.6) is 0 Å². The van der Waals surface area contributed by atoms with Crippen LogP contribution in [0, 0.1) is 0 Å². The molecule has 0 aliphatic carbocycles. The van der Waals surface area contributed by atoms with Crippen LogP contribution in [0.2, 0.25) is 5.02 Å². The van der Waals surface area contributed by atoms with Gasteiger partial charge in [-0.25, -0.2) is 9.78 Å². The summed E-state index contributed by atoms with van der Waals surface area (Å²) in [5, 5.41) is 12.3. The Hall–Kier alpha value is -1.59. The molecule has 0 fully saturated rings. The van der Waals surface area contributed by atoms with Crippen molar-refractivity contribution in [1.29, 1.82) is 0 Å². The third kappa shape index (κ3) is 3.29. The third-order valence-electron chi connectivity index (χ3n) is 2.84. The fourth-order valence-corrected chi connectivity index (χ4v) is 2.26. The first-order valence-electron chi connectivity index (χ1n) is 5.89. The maximum absolute atomic E-state index is 11.0. The molecule has 6 heteroatoms. The van der Waals surface area contributed by atoms with Gasteiger partial charge in [-0.2, -0.15) is 0 Å². The summed E-state index contributed by atoms with van der Waals surface area (Å²) >= 11 is 9.43. The van der Waals surface area contributed by atoms with E-state index in [4.69, 9.17) is 16.7 Å². The molecule has 0 radical (unpaired) electrons. The molecule has 2 rings (SSSR count). The summed E-state index contributed by atoms with van der Waals surface area (Å²) in [7, 11) is 0. The number of carboxylic acids is 1. The maximum Gasteiger partial charge on any atom is 0.337 e. The first-order valence-corrected chi connectivity index (χ1v) is 7.06. The predicted octanol–water partition coefficient (Wildman–Crippen LogP) is 4.37. The number of anilines is 1. The van der Waals surface area contributed by atoms with Crippen molar-refractivity contribution in [3.8, 4) is 0 Å². The molecule has 1 aromatic heterocycles. The molecule has 0 saturated carbocycles. The minimum absolute atomic E-state index is 0.0344. The van der Waals surface area contributed by atoms with Crippen LogP contribution in [-0.2, 0) is 0 Å². The van der Waals surface area contributed by atoms with Gasteiger partial charge in [-0.1, -0.05) is 39.7 Å². The number of nitrogens with zero attached hydrogens (tertiary/aromatic N) is 1. The van der Waals surface area contributed by atoms with Gasteiger partial charge in [0.1, 0.15) is 5.82 Å². The van der Waals surface area contributed by atoms with Gasteiger partial charge in [-0.05, 0) is 30.7 Å². The lowest BCUT2D eigenvalue weighted by Crippen LogP contribution is -2.10. The molecule has 0 saturated heterocycles. The molecule has 0 amide bonds. The summed E-state index contributed by atoms with van der Waals surface area (Å²) in [6.07, 6.45) is 1.42. The first-order chi connectivity index (χ1) is 9.49. The minimum Gasteiger partial charge on any atom is -0.478 e. The maximum atomic E-state index is 11.0. The van der Waals surface area contributed by atoms with Gasteiger partial charge in [0.05, 0.1) is 10.6 Å². The average Bonchev–Trinajstić information content (AvgIpc) is 2.41. The second kappa shape index (κ2) is 6.24. The van der Waals surface area contributed by atoms with E-state index in [1.165, 1.54) is 12.3 Å². The second-order valence-electron chi connectivity index (χ2n) is 4.24. The van der Waals surface area contributed by atoms with Gasteiger partial charge >= 0.3 is 5.97 Å². The molecule has 2 aromatic rings. The summed E-state index contributed by atoms with van der Waals surface area (Å²) < 4.78 is 0.998. The number of rotatable bonds is 4. The highest BCUT2D eigenvalue weighted by Gasteiger charge is 2.15. The normalized spacial score (nSPS) is 11.9. The topological polar surface area (TPSA) is 62.2 Å². The van der Waals surface area contributed by atoms with Gasteiger partial charge in [0.15, 0.2) is 0 Å². The van der Waals surface area contributed by atoms with Crippen molar-refractivity contribution in [3.63, 3.8) is 0 Å². The number of halogens is 2. The summed E-state index contributed by atoms with van der Waals surface area (Å²) in [5.41, 5.74) is 1.08. The molecule has 20 heavy (non-hydrogen) atoms. The van der Waals surface area contributed by atoms with Crippen LogP contribution in [0.1, 0.15) is 28.9 Å². The molecule has 1 aromatic carbocycles. The zero-order valence-electron chi connectivity index (χ0n) is 10.6. The summed E-state index contributed by atoms with van der Waals surface area (Å²) in [5.74, 6) is -0.710. The Morgan fingerprint density at radius 3 is 2.60 bits per heavy atom. The van der Waals surface area contributed by atoms with E-state index in [9.17, 15) is 4.79 Å². The van der Waals surface area contributed by atoms with E-state index >= 15 is 0 Å². The standard InChI is InChI=1S/C14H12BrClN2O2/c1-8(9-2-4-10(15)5-3-9)18-13-12(16)11(14(19)20)6-7-17-13/h2-8H,1H3,(H,17,18)(H,19,20). The van der Waals surface area contributed by atoms with Crippen molar-refractivity contribution in [2.45, 2.75) is 13.0 Å². The lowest BCUT2D eigenvalue weighted by atomic mass is 10.1. The lowest BCUT2D eigenvalue weighted by molar-refractivity contribution is 0.0697. The molecule has 0 bridgehead atoms. The SMILES string of the molecule is CC(Nc1nccc(C(=O)O)c1Cl)c1ccc(Br)cc1. The molecule has 1 heterocycles. The summed E-state index contributed by atoms with van der Waals surface area (Å²) in [6.45, 7) is 1.95. The molecular formula is C14H12BrClN2O2. The second-order valence-corrected chi connectivity index (χ2v) is 5.54. The van der Waals surface area contributed by atoms with Crippen molar-refractivity contribution in [2.75, 3.05) is 5.32 Å². The van der Waals surface area contributed by atoms with E-state index in [0.717, 1.165) is 10.0 Å². The number of pyridine rings is 1. The Bertz CT molecular complexity index is 632. The number of hydrogen-bond donors (Lipinski definition) is 2. The van der Waals surface area contributed by atoms with E-state index < -0.39 is 5.97 Å². The molecule has 1 unspecified atom stereocenters. The lowest BCUT2D eigenvalue weighted by Gasteiger charge is -2.16. The van der Waals surface area contributed by atoms with Gasteiger partial charge < -0.3 is 10.4 Å². The number of carboxylic acid groups (broad SMARTS) is 1. The van der Waals surface area contributed by atoms with Crippen LogP contribution in [0.15, 0.2) is 41.0 Å².